The summed E-state index contributed by atoms with van der Waals surface area (Å²) in [7, 11) is 0. The van der Waals surface area contributed by atoms with E-state index >= 15 is 0 Å². The molecule has 0 unspecified atom stereocenters. The second-order valence-corrected chi connectivity index (χ2v) is 9.20. The molecule has 1 saturated heterocycles. The van der Waals surface area contributed by atoms with Crippen LogP contribution < -0.4 is 9.47 Å². The summed E-state index contributed by atoms with van der Waals surface area (Å²) >= 11 is 0. The summed E-state index contributed by atoms with van der Waals surface area (Å²) in [6.07, 6.45) is 0.786. The van der Waals surface area contributed by atoms with Crippen LogP contribution in [0, 0.1) is 11.7 Å². The van der Waals surface area contributed by atoms with Gasteiger partial charge in [-0.15, -0.1) is 0 Å². The summed E-state index contributed by atoms with van der Waals surface area (Å²) in [6.45, 7) is 1.62. The summed E-state index contributed by atoms with van der Waals surface area (Å²) in [5, 5.41) is 9.17. The lowest BCUT2D eigenvalue weighted by Crippen LogP contribution is -2.27. The van der Waals surface area contributed by atoms with E-state index < -0.39 is 29.4 Å². The van der Waals surface area contributed by atoms with Crippen LogP contribution in [-0.2, 0) is 17.6 Å². The third-order valence-corrected chi connectivity index (χ3v) is 6.53. The summed E-state index contributed by atoms with van der Waals surface area (Å²) in [5.41, 5.74) is 0.584. The third kappa shape index (κ3) is 5.48. The van der Waals surface area contributed by atoms with E-state index in [1.807, 2.05) is 4.90 Å². The Morgan fingerprint density at radius 2 is 1.95 bits per heavy atom. The van der Waals surface area contributed by atoms with Gasteiger partial charge in [0.2, 0.25) is 0 Å². The minimum absolute atomic E-state index is 0.00415. The molecule has 1 aromatic heterocycles. The monoisotopic (exact) mass is 516 g/mol. The number of halogens is 4. The fraction of sp³-hybridized carbons (Fsp3) is 0.296. The molecule has 5 rings (SSSR count). The third-order valence-electron chi connectivity index (χ3n) is 6.53. The molecule has 1 N–H and O–H groups in total. The predicted molar refractivity (Wildman–Crippen MR) is 127 cm³/mol. The average molecular weight is 516 g/mol. The number of fused-ring (bicyclic) bond motifs is 1. The van der Waals surface area contributed by atoms with E-state index in [1.165, 1.54) is 41.2 Å². The van der Waals surface area contributed by atoms with E-state index in [0.29, 0.717) is 26.1 Å². The van der Waals surface area contributed by atoms with Crippen molar-refractivity contribution in [1.29, 1.82) is 0 Å². The van der Waals surface area contributed by atoms with Gasteiger partial charge in [0.1, 0.15) is 30.5 Å². The topological polar surface area (TPSA) is 63.9 Å². The van der Waals surface area contributed by atoms with Gasteiger partial charge < -0.3 is 19.1 Å². The largest absolute Gasteiger partial charge is 0.489 e. The van der Waals surface area contributed by atoms with Crippen LogP contribution in [0.4, 0.5) is 17.6 Å². The summed E-state index contributed by atoms with van der Waals surface area (Å²) < 4.78 is 68.7. The molecule has 194 valence electrons. The van der Waals surface area contributed by atoms with Gasteiger partial charge in [-0.2, -0.15) is 13.2 Å². The smallest absolute Gasteiger partial charge is 0.418 e. The lowest BCUT2D eigenvalue weighted by molar-refractivity contribution is -0.141. The minimum Gasteiger partial charge on any atom is -0.489 e. The first-order valence-corrected chi connectivity index (χ1v) is 11.7. The van der Waals surface area contributed by atoms with Crippen LogP contribution in [0.3, 0.4) is 0 Å². The van der Waals surface area contributed by atoms with Crippen molar-refractivity contribution < 1.29 is 36.9 Å². The first kappa shape index (κ1) is 24.9. The Hall–Kier alpha value is -3.79. The standard InChI is InChI=1S/C27H24F4N2O4/c28-23-11-20(12-25-21(23)9-18(16-37-25)13-32-8-5-19(14-32)26(34)35)36-15-17-3-4-24(33-6-1-2-7-33)22(10-17)27(29,30)31/h1-4,6-7,9-12,19H,5,8,13-16H2,(H,34,35)/t19-/m1/s1. The van der Waals surface area contributed by atoms with Gasteiger partial charge in [0.15, 0.2) is 0 Å². The van der Waals surface area contributed by atoms with Crippen molar-refractivity contribution in [3.8, 4) is 17.2 Å². The number of aromatic nitrogens is 1. The van der Waals surface area contributed by atoms with Crippen LogP contribution >= 0.6 is 0 Å². The van der Waals surface area contributed by atoms with Gasteiger partial charge in [-0.3, -0.25) is 9.69 Å². The fourth-order valence-electron chi connectivity index (χ4n) is 4.67. The van der Waals surface area contributed by atoms with Crippen LogP contribution in [0.2, 0.25) is 0 Å². The molecule has 0 bridgehead atoms. The molecule has 0 amide bonds. The quantitative estimate of drug-likeness (QED) is 0.427. The van der Waals surface area contributed by atoms with Crippen molar-refractivity contribution in [3.05, 3.63) is 82.9 Å². The number of carboxylic acid groups (broad SMARTS) is 1. The van der Waals surface area contributed by atoms with Crippen molar-refractivity contribution in [1.82, 2.24) is 9.47 Å². The van der Waals surface area contributed by atoms with Crippen LogP contribution in [0.5, 0.6) is 11.5 Å². The van der Waals surface area contributed by atoms with Gasteiger partial charge in [0.25, 0.3) is 0 Å². The van der Waals surface area contributed by atoms with E-state index in [4.69, 9.17) is 14.6 Å². The summed E-state index contributed by atoms with van der Waals surface area (Å²) in [6, 6.07) is 9.93. The molecule has 2 aromatic carbocycles. The first-order valence-electron chi connectivity index (χ1n) is 11.7. The molecule has 2 aliphatic rings. The Morgan fingerprint density at radius 1 is 1.16 bits per heavy atom. The number of hydrogen-bond acceptors (Lipinski definition) is 4. The minimum atomic E-state index is -4.56. The number of alkyl halides is 3. The SMILES string of the molecule is O=C(O)[C@@H]1CCN(CC2=Cc3c(F)cc(OCc4ccc(-n5cccc5)c(C(F)(F)F)c4)cc3OC2)C1. The van der Waals surface area contributed by atoms with Crippen molar-refractivity contribution >= 4 is 12.0 Å². The molecular weight excluding hydrogens is 492 g/mol. The molecule has 3 heterocycles. The second-order valence-electron chi connectivity index (χ2n) is 9.20. The zero-order valence-electron chi connectivity index (χ0n) is 19.7. The first-order chi connectivity index (χ1) is 17.7. The van der Waals surface area contributed by atoms with Crippen LogP contribution in [0.25, 0.3) is 11.8 Å². The number of hydrogen-bond donors (Lipinski definition) is 1. The van der Waals surface area contributed by atoms with Crippen LogP contribution in [0.1, 0.15) is 23.1 Å². The van der Waals surface area contributed by atoms with Crippen LogP contribution in [0.15, 0.2) is 60.4 Å². The van der Waals surface area contributed by atoms with Gasteiger partial charge in [-0.1, -0.05) is 6.07 Å². The maximum atomic E-state index is 14.9. The lowest BCUT2D eigenvalue weighted by atomic mass is 10.1. The molecule has 0 radical (unpaired) electrons. The zero-order valence-corrected chi connectivity index (χ0v) is 19.7. The van der Waals surface area contributed by atoms with Gasteiger partial charge in [0.05, 0.1) is 22.7 Å². The molecule has 1 atom stereocenters. The highest BCUT2D eigenvalue weighted by Crippen LogP contribution is 2.36. The molecular formula is C27H24F4N2O4. The Balaban J connectivity index is 1.29. The van der Waals surface area contributed by atoms with Gasteiger partial charge in [0, 0.05) is 37.6 Å². The van der Waals surface area contributed by atoms with E-state index in [0.717, 1.165) is 11.6 Å². The van der Waals surface area contributed by atoms with Gasteiger partial charge >= 0.3 is 12.1 Å². The molecule has 2 aliphatic heterocycles. The number of rotatable bonds is 7. The summed E-state index contributed by atoms with van der Waals surface area (Å²) in [4.78, 5) is 13.2. The van der Waals surface area contributed by atoms with E-state index in [1.54, 1.807) is 18.2 Å². The molecule has 37 heavy (non-hydrogen) atoms. The highest BCUT2D eigenvalue weighted by atomic mass is 19.4. The van der Waals surface area contributed by atoms with Crippen molar-refractivity contribution in [3.63, 3.8) is 0 Å². The van der Waals surface area contributed by atoms with Crippen molar-refractivity contribution in [2.45, 2.75) is 19.2 Å². The van der Waals surface area contributed by atoms with Gasteiger partial charge in [-0.05, 0) is 54.4 Å². The molecule has 3 aromatic rings. The predicted octanol–water partition coefficient (Wildman–Crippen LogP) is 5.40. The molecule has 10 heteroatoms. The van der Waals surface area contributed by atoms with Crippen molar-refractivity contribution in [2.24, 2.45) is 5.92 Å². The number of nitrogens with zero attached hydrogens (tertiary/aromatic N) is 2. The number of carboxylic acids is 1. The Kier molecular flexibility index (Phi) is 6.68. The molecule has 0 saturated carbocycles. The highest BCUT2D eigenvalue weighted by Gasteiger charge is 2.34. The van der Waals surface area contributed by atoms with Crippen LogP contribution in [-0.4, -0.2) is 46.8 Å². The lowest BCUT2D eigenvalue weighted by Gasteiger charge is -2.23. The number of ether oxygens (including phenoxy) is 2. The molecule has 6 nitrogen and oxygen atoms in total. The number of aliphatic carboxylic acids is 1. The van der Waals surface area contributed by atoms with E-state index in [2.05, 4.69) is 0 Å². The Labute approximate surface area is 210 Å². The fourth-order valence-corrected chi connectivity index (χ4v) is 4.67. The maximum Gasteiger partial charge on any atom is 0.418 e. The highest BCUT2D eigenvalue weighted by molar-refractivity contribution is 5.70. The Morgan fingerprint density at radius 3 is 2.65 bits per heavy atom. The molecule has 0 aliphatic carbocycles. The van der Waals surface area contributed by atoms with Crippen molar-refractivity contribution in [2.75, 3.05) is 26.2 Å². The maximum absolute atomic E-state index is 14.9. The van der Waals surface area contributed by atoms with E-state index in [-0.39, 0.29) is 41.5 Å². The zero-order chi connectivity index (χ0) is 26.2. The van der Waals surface area contributed by atoms with Gasteiger partial charge in [-0.25, -0.2) is 4.39 Å². The Bertz CT molecular complexity index is 1330. The molecule has 1 fully saturated rings. The normalized spacial score (nSPS) is 17.7. The number of likely N-dealkylation sites (tertiary alicyclic amines) is 1. The average Bonchev–Trinajstić information content (AvgIpc) is 3.55. The summed E-state index contributed by atoms with van der Waals surface area (Å²) in [5.74, 6) is -1.37. The number of carbonyl (C=O) groups is 1. The van der Waals surface area contributed by atoms with E-state index in [9.17, 15) is 22.4 Å². The second kappa shape index (κ2) is 9.93. The molecule has 0 spiro atoms. The number of benzene rings is 2.